The Bertz CT molecular complexity index is 652. The van der Waals surface area contributed by atoms with Gasteiger partial charge in [0.05, 0.1) is 14.2 Å². The molecule has 1 saturated heterocycles. The fourth-order valence-corrected chi connectivity index (χ4v) is 2.99. The van der Waals surface area contributed by atoms with Crippen LogP contribution in [0.15, 0.2) is 36.5 Å². The van der Waals surface area contributed by atoms with E-state index in [-0.39, 0.29) is 0 Å². The molecule has 5 heteroatoms. The van der Waals surface area contributed by atoms with Crippen LogP contribution < -0.4 is 19.7 Å². The third kappa shape index (κ3) is 3.97. The van der Waals surface area contributed by atoms with Gasteiger partial charge in [0.1, 0.15) is 17.3 Å². The summed E-state index contributed by atoms with van der Waals surface area (Å²) in [6, 6.07) is 10.2. The maximum atomic E-state index is 5.43. The Morgan fingerprint density at radius 1 is 1.04 bits per heavy atom. The molecule has 1 aliphatic heterocycles. The number of benzene rings is 1. The van der Waals surface area contributed by atoms with Crippen molar-refractivity contribution in [1.82, 2.24) is 10.3 Å². The number of rotatable bonds is 7. The molecule has 1 fully saturated rings. The quantitative estimate of drug-likeness (QED) is 0.847. The van der Waals surface area contributed by atoms with Crippen molar-refractivity contribution in [3.63, 3.8) is 0 Å². The second-order valence-electron chi connectivity index (χ2n) is 6.00. The van der Waals surface area contributed by atoms with Gasteiger partial charge in [-0.25, -0.2) is 4.98 Å². The van der Waals surface area contributed by atoms with Gasteiger partial charge in [-0.15, -0.1) is 0 Å². The Kier molecular flexibility index (Phi) is 5.54. The van der Waals surface area contributed by atoms with E-state index in [4.69, 9.17) is 9.47 Å². The summed E-state index contributed by atoms with van der Waals surface area (Å²) >= 11 is 0. The van der Waals surface area contributed by atoms with Crippen molar-refractivity contribution >= 4 is 5.82 Å². The average Bonchev–Trinajstić information content (AvgIpc) is 3.17. The van der Waals surface area contributed by atoms with Crippen LogP contribution in [0, 0.1) is 0 Å². The van der Waals surface area contributed by atoms with Gasteiger partial charge in [-0.1, -0.05) is 12.1 Å². The van der Waals surface area contributed by atoms with Crippen LogP contribution in [0.4, 0.5) is 5.82 Å². The second-order valence-corrected chi connectivity index (χ2v) is 6.00. The van der Waals surface area contributed by atoms with Gasteiger partial charge < -0.3 is 19.7 Å². The highest BCUT2D eigenvalue weighted by atomic mass is 16.5. The zero-order chi connectivity index (χ0) is 16.8. The third-order valence-electron chi connectivity index (χ3n) is 4.38. The van der Waals surface area contributed by atoms with Crippen LogP contribution in [0.25, 0.3) is 0 Å². The Balaban J connectivity index is 1.54. The highest BCUT2D eigenvalue weighted by Gasteiger charge is 2.12. The standard InChI is InChI=1S/C19H25N3O2/c1-23-17-7-6-16(18(11-17)24-2)14-20-12-15-5-8-19(21-13-15)22-9-3-4-10-22/h5-8,11,13,20H,3-4,9-10,12,14H2,1-2H3. The van der Waals surface area contributed by atoms with Gasteiger partial charge in [0.2, 0.25) is 0 Å². The monoisotopic (exact) mass is 327 g/mol. The molecule has 2 heterocycles. The molecule has 128 valence electrons. The first-order valence-corrected chi connectivity index (χ1v) is 8.41. The van der Waals surface area contributed by atoms with Crippen LogP contribution in [0.1, 0.15) is 24.0 Å². The predicted octanol–water partition coefficient (Wildman–Crippen LogP) is 2.99. The number of nitrogens with one attached hydrogen (secondary N) is 1. The molecule has 0 atom stereocenters. The molecule has 1 aliphatic rings. The van der Waals surface area contributed by atoms with E-state index < -0.39 is 0 Å². The SMILES string of the molecule is COc1ccc(CNCc2ccc(N3CCCC3)nc2)c(OC)c1. The van der Waals surface area contributed by atoms with E-state index in [9.17, 15) is 0 Å². The smallest absolute Gasteiger partial charge is 0.128 e. The molecule has 2 aromatic rings. The Labute approximate surface area is 143 Å². The third-order valence-corrected chi connectivity index (χ3v) is 4.38. The minimum atomic E-state index is 0.737. The number of nitrogens with zero attached hydrogens (tertiary/aromatic N) is 2. The van der Waals surface area contributed by atoms with Crippen molar-refractivity contribution < 1.29 is 9.47 Å². The van der Waals surface area contributed by atoms with E-state index in [0.29, 0.717) is 0 Å². The molecule has 1 aromatic heterocycles. The molecule has 0 spiro atoms. The highest BCUT2D eigenvalue weighted by Crippen LogP contribution is 2.24. The lowest BCUT2D eigenvalue weighted by molar-refractivity contribution is 0.390. The maximum absolute atomic E-state index is 5.43. The van der Waals surface area contributed by atoms with E-state index in [1.165, 1.54) is 18.4 Å². The zero-order valence-corrected chi connectivity index (χ0v) is 14.4. The first kappa shape index (κ1) is 16.6. The zero-order valence-electron chi connectivity index (χ0n) is 14.4. The minimum Gasteiger partial charge on any atom is -0.497 e. The molecule has 3 rings (SSSR count). The van der Waals surface area contributed by atoms with E-state index in [2.05, 4.69) is 27.3 Å². The van der Waals surface area contributed by atoms with Crippen LogP contribution in [0.2, 0.25) is 0 Å². The lowest BCUT2D eigenvalue weighted by Crippen LogP contribution is -2.19. The molecule has 0 aliphatic carbocycles. The Morgan fingerprint density at radius 2 is 1.88 bits per heavy atom. The normalized spacial score (nSPS) is 14.0. The molecule has 0 radical (unpaired) electrons. The van der Waals surface area contributed by atoms with Gasteiger partial charge in [-0.2, -0.15) is 0 Å². The molecular weight excluding hydrogens is 302 g/mol. The summed E-state index contributed by atoms with van der Waals surface area (Å²) < 4.78 is 10.7. The summed E-state index contributed by atoms with van der Waals surface area (Å²) in [5, 5.41) is 3.44. The lowest BCUT2D eigenvalue weighted by Gasteiger charge is -2.16. The lowest BCUT2D eigenvalue weighted by atomic mass is 10.2. The molecule has 0 unspecified atom stereocenters. The minimum absolute atomic E-state index is 0.737. The highest BCUT2D eigenvalue weighted by molar-refractivity contribution is 5.41. The average molecular weight is 327 g/mol. The van der Waals surface area contributed by atoms with Gasteiger partial charge in [-0.3, -0.25) is 0 Å². The largest absolute Gasteiger partial charge is 0.497 e. The number of pyridine rings is 1. The molecule has 24 heavy (non-hydrogen) atoms. The molecule has 1 N–H and O–H groups in total. The molecule has 5 nitrogen and oxygen atoms in total. The van der Waals surface area contributed by atoms with Gasteiger partial charge in [0, 0.05) is 44.0 Å². The summed E-state index contributed by atoms with van der Waals surface area (Å²) in [6.07, 6.45) is 4.51. The summed E-state index contributed by atoms with van der Waals surface area (Å²) in [5.74, 6) is 2.73. The van der Waals surface area contributed by atoms with Gasteiger partial charge in [0.25, 0.3) is 0 Å². The molecule has 1 aromatic carbocycles. The van der Waals surface area contributed by atoms with Gasteiger partial charge in [-0.05, 0) is 30.5 Å². The van der Waals surface area contributed by atoms with Crippen LogP contribution in [-0.2, 0) is 13.1 Å². The van der Waals surface area contributed by atoms with Crippen molar-refractivity contribution in [3.8, 4) is 11.5 Å². The number of methoxy groups -OCH3 is 2. The van der Waals surface area contributed by atoms with E-state index in [1.807, 2.05) is 24.4 Å². The van der Waals surface area contributed by atoms with Gasteiger partial charge >= 0.3 is 0 Å². The summed E-state index contributed by atoms with van der Waals surface area (Å²) in [7, 11) is 3.34. The van der Waals surface area contributed by atoms with Crippen LogP contribution in [-0.4, -0.2) is 32.3 Å². The maximum Gasteiger partial charge on any atom is 0.128 e. The van der Waals surface area contributed by atoms with Gasteiger partial charge in [0.15, 0.2) is 0 Å². The number of anilines is 1. The second kappa shape index (κ2) is 8.02. The molecule has 0 saturated carbocycles. The van der Waals surface area contributed by atoms with E-state index in [0.717, 1.165) is 49.1 Å². The summed E-state index contributed by atoms with van der Waals surface area (Å²) in [6.45, 7) is 3.77. The number of aromatic nitrogens is 1. The molecule has 0 amide bonds. The van der Waals surface area contributed by atoms with Crippen molar-refractivity contribution in [3.05, 3.63) is 47.7 Å². The van der Waals surface area contributed by atoms with E-state index in [1.54, 1.807) is 14.2 Å². The van der Waals surface area contributed by atoms with Crippen molar-refractivity contribution in [2.24, 2.45) is 0 Å². The molecule has 0 bridgehead atoms. The first-order chi connectivity index (χ1) is 11.8. The fraction of sp³-hybridized carbons (Fsp3) is 0.421. The van der Waals surface area contributed by atoms with E-state index >= 15 is 0 Å². The Morgan fingerprint density at radius 3 is 2.54 bits per heavy atom. The van der Waals surface area contributed by atoms with Crippen molar-refractivity contribution in [2.75, 3.05) is 32.2 Å². The topological polar surface area (TPSA) is 46.6 Å². The van der Waals surface area contributed by atoms with Crippen LogP contribution in [0.5, 0.6) is 11.5 Å². The molecular formula is C19H25N3O2. The van der Waals surface area contributed by atoms with Crippen LogP contribution in [0.3, 0.4) is 0 Å². The number of hydrogen-bond donors (Lipinski definition) is 1. The first-order valence-electron chi connectivity index (χ1n) is 8.41. The van der Waals surface area contributed by atoms with Crippen molar-refractivity contribution in [2.45, 2.75) is 25.9 Å². The predicted molar refractivity (Wildman–Crippen MR) is 95.8 cm³/mol. The van der Waals surface area contributed by atoms with Crippen molar-refractivity contribution in [1.29, 1.82) is 0 Å². The number of ether oxygens (including phenoxy) is 2. The van der Waals surface area contributed by atoms with Crippen LogP contribution >= 0.6 is 0 Å². The Hall–Kier alpha value is -2.27. The number of hydrogen-bond acceptors (Lipinski definition) is 5. The fourth-order valence-electron chi connectivity index (χ4n) is 2.99. The summed E-state index contributed by atoms with van der Waals surface area (Å²) in [5.41, 5.74) is 2.30. The summed E-state index contributed by atoms with van der Waals surface area (Å²) in [4.78, 5) is 6.93.